The third-order valence-corrected chi connectivity index (χ3v) is 6.31. The molecule has 1 amide bonds. The highest BCUT2D eigenvalue weighted by molar-refractivity contribution is 5.94. The molecule has 2 aromatic carbocycles. The Morgan fingerprint density at radius 2 is 1.82 bits per heavy atom. The third-order valence-electron chi connectivity index (χ3n) is 6.31. The molecule has 1 N–H and O–H groups in total. The van der Waals surface area contributed by atoms with Gasteiger partial charge in [0, 0.05) is 54.1 Å². The molecular formula is C26H23N5O3. The van der Waals surface area contributed by atoms with Gasteiger partial charge in [-0.05, 0) is 49.2 Å². The molecule has 34 heavy (non-hydrogen) atoms. The molecular weight excluding hydrogens is 430 g/mol. The van der Waals surface area contributed by atoms with Crippen molar-refractivity contribution in [1.29, 1.82) is 0 Å². The minimum Gasteiger partial charge on any atom is -0.454 e. The first-order valence-corrected chi connectivity index (χ1v) is 11.4. The van der Waals surface area contributed by atoms with E-state index in [9.17, 15) is 4.79 Å². The van der Waals surface area contributed by atoms with Crippen molar-refractivity contribution in [1.82, 2.24) is 15.0 Å². The van der Waals surface area contributed by atoms with Crippen molar-refractivity contribution in [2.24, 2.45) is 5.92 Å². The van der Waals surface area contributed by atoms with Crippen molar-refractivity contribution in [3.8, 4) is 22.9 Å². The van der Waals surface area contributed by atoms with Crippen molar-refractivity contribution in [3.05, 3.63) is 67.0 Å². The van der Waals surface area contributed by atoms with Crippen molar-refractivity contribution >= 4 is 28.3 Å². The number of carbonyl (C=O) groups is 1. The third kappa shape index (κ3) is 3.87. The number of benzene rings is 2. The molecule has 0 atom stereocenters. The minimum atomic E-state index is -0.0624. The first-order valence-electron chi connectivity index (χ1n) is 11.4. The zero-order valence-electron chi connectivity index (χ0n) is 18.5. The number of para-hydroxylation sites is 1. The lowest BCUT2D eigenvalue weighted by atomic mass is 9.95. The number of ether oxygens (including phenoxy) is 2. The Balaban J connectivity index is 1.19. The van der Waals surface area contributed by atoms with Gasteiger partial charge >= 0.3 is 0 Å². The predicted octanol–water partition coefficient (Wildman–Crippen LogP) is 4.28. The highest BCUT2D eigenvalue weighted by atomic mass is 16.7. The first kappa shape index (κ1) is 20.4. The summed E-state index contributed by atoms with van der Waals surface area (Å²) in [5.74, 6) is 2.89. The van der Waals surface area contributed by atoms with Gasteiger partial charge in [-0.1, -0.05) is 12.1 Å². The number of rotatable bonds is 4. The summed E-state index contributed by atoms with van der Waals surface area (Å²) in [7, 11) is 0. The van der Waals surface area contributed by atoms with Crippen LogP contribution in [-0.2, 0) is 4.79 Å². The molecule has 0 radical (unpaired) electrons. The second-order valence-electron chi connectivity index (χ2n) is 8.45. The lowest BCUT2D eigenvalue weighted by Crippen LogP contribution is -2.38. The van der Waals surface area contributed by atoms with Gasteiger partial charge in [0.05, 0.1) is 5.52 Å². The number of pyridine rings is 1. The van der Waals surface area contributed by atoms with E-state index < -0.39 is 0 Å². The summed E-state index contributed by atoms with van der Waals surface area (Å²) in [6, 6.07) is 17.4. The summed E-state index contributed by atoms with van der Waals surface area (Å²) in [6.07, 6.45) is 5.01. The maximum absolute atomic E-state index is 12.9. The second-order valence-corrected chi connectivity index (χ2v) is 8.45. The van der Waals surface area contributed by atoms with Gasteiger partial charge in [-0.25, -0.2) is 9.97 Å². The number of piperidine rings is 1. The number of carbonyl (C=O) groups excluding carboxylic acids is 1. The molecule has 4 heterocycles. The van der Waals surface area contributed by atoms with E-state index in [-0.39, 0.29) is 18.6 Å². The van der Waals surface area contributed by atoms with Gasteiger partial charge in [0.1, 0.15) is 5.82 Å². The van der Waals surface area contributed by atoms with Crippen LogP contribution in [0.25, 0.3) is 22.3 Å². The Kier molecular flexibility index (Phi) is 5.18. The van der Waals surface area contributed by atoms with E-state index in [2.05, 4.69) is 21.3 Å². The van der Waals surface area contributed by atoms with Gasteiger partial charge in [-0.3, -0.25) is 9.78 Å². The summed E-state index contributed by atoms with van der Waals surface area (Å²) < 4.78 is 10.8. The van der Waals surface area contributed by atoms with Crippen LogP contribution in [0, 0.1) is 5.92 Å². The van der Waals surface area contributed by atoms with Crippen LogP contribution in [0.15, 0.2) is 67.0 Å². The fraction of sp³-hybridized carbons (Fsp3) is 0.231. The second kappa shape index (κ2) is 8.62. The SMILES string of the molecule is O=C(Nc1ccc2c(c1)OCO2)C1CCN(c2nc(-c3cccnc3)nc3ccccc23)CC1. The van der Waals surface area contributed by atoms with Gasteiger partial charge in [-0.15, -0.1) is 0 Å². The highest BCUT2D eigenvalue weighted by Crippen LogP contribution is 2.35. The van der Waals surface area contributed by atoms with Gasteiger partial charge < -0.3 is 19.7 Å². The van der Waals surface area contributed by atoms with Crippen LogP contribution in [0.4, 0.5) is 11.5 Å². The normalized spacial score (nSPS) is 15.5. The molecule has 0 unspecified atom stereocenters. The standard InChI is InChI=1S/C26H23N5O3/c32-26(28-19-7-8-22-23(14-19)34-16-33-22)17-9-12-31(13-10-17)25-20-5-1-2-6-21(20)29-24(30-25)18-4-3-11-27-15-18/h1-8,11,14-15,17H,9-10,12-13,16H2,(H,28,32). The molecule has 8 heteroatoms. The van der Waals surface area contributed by atoms with Gasteiger partial charge in [0.25, 0.3) is 0 Å². The van der Waals surface area contributed by atoms with E-state index in [1.807, 2.05) is 48.5 Å². The summed E-state index contributed by atoms with van der Waals surface area (Å²) >= 11 is 0. The van der Waals surface area contributed by atoms with E-state index in [0.29, 0.717) is 17.3 Å². The number of nitrogens with zero attached hydrogens (tertiary/aromatic N) is 4. The molecule has 1 fully saturated rings. The molecule has 6 rings (SSSR count). The van der Waals surface area contributed by atoms with Crippen LogP contribution in [0.5, 0.6) is 11.5 Å². The summed E-state index contributed by atoms with van der Waals surface area (Å²) in [5.41, 5.74) is 2.50. The summed E-state index contributed by atoms with van der Waals surface area (Å²) in [5, 5.41) is 4.04. The Bertz CT molecular complexity index is 1350. The molecule has 4 aromatic rings. The van der Waals surface area contributed by atoms with E-state index in [4.69, 9.17) is 19.4 Å². The van der Waals surface area contributed by atoms with E-state index in [1.54, 1.807) is 12.4 Å². The number of anilines is 2. The van der Waals surface area contributed by atoms with Crippen LogP contribution in [-0.4, -0.2) is 40.7 Å². The van der Waals surface area contributed by atoms with Crippen molar-refractivity contribution in [2.75, 3.05) is 30.1 Å². The molecule has 0 aliphatic carbocycles. The van der Waals surface area contributed by atoms with Crippen LogP contribution < -0.4 is 19.7 Å². The lowest BCUT2D eigenvalue weighted by Gasteiger charge is -2.33. The Labute approximate surface area is 196 Å². The maximum atomic E-state index is 12.9. The molecule has 0 spiro atoms. The molecule has 1 saturated heterocycles. The fourth-order valence-corrected chi connectivity index (χ4v) is 4.50. The first-order chi connectivity index (χ1) is 16.7. The fourth-order valence-electron chi connectivity index (χ4n) is 4.50. The molecule has 0 saturated carbocycles. The van der Waals surface area contributed by atoms with E-state index >= 15 is 0 Å². The van der Waals surface area contributed by atoms with Crippen LogP contribution in [0.2, 0.25) is 0 Å². The number of hydrogen-bond donors (Lipinski definition) is 1. The van der Waals surface area contributed by atoms with E-state index in [0.717, 1.165) is 53.9 Å². The Morgan fingerprint density at radius 3 is 2.68 bits per heavy atom. The Morgan fingerprint density at radius 1 is 0.971 bits per heavy atom. The van der Waals surface area contributed by atoms with E-state index in [1.165, 1.54) is 0 Å². The minimum absolute atomic E-state index is 0.0297. The topological polar surface area (TPSA) is 89.5 Å². The molecule has 0 bridgehead atoms. The van der Waals surface area contributed by atoms with Gasteiger partial charge in [0.15, 0.2) is 17.3 Å². The quantitative estimate of drug-likeness (QED) is 0.493. The molecule has 170 valence electrons. The summed E-state index contributed by atoms with van der Waals surface area (Å²) in [4.78, 5) is 29.1. The van der Waals surface area contributed by atoms with Crippen molar-refractivity contribution in [2.45, 2.75) is 12.8 Å². The van der Waals surface area contributed by atoms with Crippen molar-refractivity contribution in [3.63, 3.8) is 0 Å². The smallest absolute Gasteiger partial charge is 0.231 e. The van der Waals surface area contributed by atoms with Crippen LogP contribution in [0.3, 0.4) is 0 Å². The number of hydrogen-bond acceptors (Lipinski definition) is 7. The monoisotopic (exact) mass is 453 g/mol. The largest absolute Gasteiger partial charge is 0.454 e. The van der Waals surface area contributed by atoms with Gasteiger partial charge in [-0.2, -0.15) is 0 Å². The van der Waals surface area contributed by atoms with Crippen molar-refractivity contribution < 1.29 is 14.3 Å². The van der Waals surface area contributed by atoms with Gasteiger partial charge in [0.2, 0.25) is 12.7 Å². The Hall–Kier alpha value is -4.20. The number of fused-ring (bicyclic) bond motifs is 2. The lowest BCUT2D eigenvalue weighted by molar-refractivity contribution is -0.120. The average Bonchev–Trinajstić information content (AvgIpc) is 3.37. The van der Waals surface area contributed by atoms with Crippen LogP contribution in [0.1, 0.15) is 12.8 Å². The number of nitrogens with one attached hydrogen (secondary N) is 1. The zero-order chi connectivity index (χ0) is 22.9. The molecule has 8 nitrogen and oxygen atoms in total. The molecule has 2 aliphatic heterocycles. The number of aromatic nitrogens is 3. The zero-order valence-corrected chi connectivity index (χ0v) is 18.5. The average molecular weight is 454 g/mol. The predicted molar refractivity (Wildman–Crippen MR) is 129 cm³/mol. The summed E-state index contributed by atoms with van der Waals surface area (Å²) in [6.45, 7) is 1.70. The molecule has 2 aliphatic rings. The highest BCUT2D eigenvalue weighted by Gasteiger charge is 2.27. The number of amides is 1. The van der Waals surface area contributed by atoms with Crippen LogP contribution >= 0.6 is 0 Å². The molecule has 2 aromatic heterocycles. The maximum Gasteiger partial charge on any atom is 0.231 e.